The van der Waals surface area contributed by atoms with Crippen LogP contribution in [0.25, 0.3) is 0 Å². The van der Waals surface area contributed by atoms with Gasteiger partial charge in [-0.05, 0) is 39.0 Å². The summed E-state index contributed by atoms with van der Waals surface area (Å²) >= 11 is 0. The average molecular weight is 261 g/mol. The number of rotatable bonds is 2. The second kappa shape index (κ2) is 5.23. The Bertz CT molecular complexity index is 441. The molecule has 5 heteroatoms. The molecule has 1 aromatic heterocycles. The maximum atomic E-state index is 6.35. The fraction of sp³-hybridized carbons (Fsp3) is 0.714. The quantitative estimate of drug-likeness (QED) is 0.883. The molecule has 104 valence electrons. The van der Waals surface area contributed by atoms with Gasteiger partial charge in [0.15, 0.2) is 11.6 Å². The first-order chi connectivity index (χ1) is 9.27. The normalized spacial score (nSPS) is 23.9. The monoisotopic (exact) mass is 261 g/mol. The van der Waals surface area contributed by atoms with E-state index in [1.807, 2.05) is 0 Å². The second-order valence-electron chi connectivity index (χ2n) is 5.67. The van der Waals surface area contributed by atoms with Crippen molar-refractivity contribution in [3.63, 3.8) is 0 Å². The molecule has 5 nitrogen and oxygen atoms in total. The first-order valence-corrected chi connectivity index (χ1v) is 7.39. The van der Waals surface area contributed by atoms with Crippen molar-refractivity contribution < 1.29 is 0 Å². The van der Waals surface area contributed by atoms with Crippen LogP contribution in [0.4, 0.5) is 17.3 Å². The van der Waals surface area contributed by atoms with E-state index in [0.29, 0.717) is 6.04 Å². The van der Waals surface area contributed by atoms with E-state index in [2.05, 4.69) is 26.7 Å². The zero-order valence-electron chi connectivity index (χ0n) is 11.7. The van der Waals surface area contributed by atoms with Crippen LogP contribution in [0.5, 0.6) is 0 Å². The zero-order valence-corrected chi connectivity index (χ0v) is 11.7. The van der Waals surface area contributed by atoms with Gasteiger partial charge in [0.2, 0.25) is 0 Å². The van der Waals surface area contributed by atoms with E-state index in [1.165, 1.54) is 32.1 Å². The van der Waals surface area contributed by atoms with E-state index in [1.54, 1.807) is 6.33 Å². The van der Waals surface area contributed by atoms with Gasteiger partial charge in [0.25, 0.3) is 0 Å². The number of nitrogens with zero attached hydrogens (tertiary/aromatic N) is 4. The maximum Gasteiger partial charge on any atom is 0.157 e. The fourth-order valence-corrected chi connectivity index (χ4v) is 3.20. The molecule has 2 aliphatic heterocycles. The van der Waals surface area contributed by atoms with E-state index in [0.717, 1.165) is 37.0 Å². The van der Waals surface area contributed by atoms with Crippen molar-refractivity contribution >= 4 is 17.3 Å². The molecule has 3 rings (SSSR count). The molecular formula is C14H23N5. The van der Waals surface area contributed by atoms with Gasteiger partial charge in [-0.15, -0.1) is 0 Å². The van der Waals surface area contributed by atoms with E-state index in [-0.39, 0.29) is 0 Å². The van der Waals surface area contributed by atoms with Gasteiger partial charge >= 0.3 is 0 Å². The van der Waals surface area contributed by atoms with Gasteiger partial charge in [0.05, 0.1) is 0 Å². The number of hydrogen-bond donors (Lipinski definition) is 1. The van der Waals surface area contributed by atoms with Crippen LogP contribution in [-0.2, 0) is 0 Å². The molecule has 2 aliphatic rings. The predicted octanol–water partition coefficient (Wildman–Crippen LogP) is 2.04. The minimum Gasteiger partial charge on any atom is -0.393 e. The summed E-state index contributed by atoms with van der Waals surface area (Å²) in [5, 5.41) is 0. The molecule has 0 spiro atoms. The third kappa shape index (κ3) is 2.33. The van der Waals surface area contributed by atoms with Crippen LogP contribution >= 0.6 is 0 Å². The molecule has 19 heavy (non-hydrogen) atoms. The Kier molecular flexibility index (Phi) is 3.44. The van der Waals surface area contributed by atoms with Crippen LogP contribution < -0.4 is 15.5 Å². The summed E-state index contributed by atoms with van der Waals surface area (Å²) in [5.41, 5.74) is 7.11. The van der Waals surface area contributed by atoms with Gasteiger partial charge in [0.1, 0.15) is 12.0 Å². The Morgan fingerprint density at radius 3 is 2.47 bits per heavy atom. The van der Waals surface area contributed by atoms with Crippen molar-refractivity contribution in [2.24, 2.45) is 0 Å². The minimum atomic E-state index is 0.525. The summed E-state index contributed by atoms with van der Waals surface area (Å²) in [7, 11) is 0. The lowest BCUT2D eigenvalue weighted by Gasteiger charge is -2.35. The van der Waals surface area contributed by atoms with Crippen LogP contribution in [0, 0.1) is 0 Å². The van der Waals surface area contributed by atoms with Gasteiger partial charge in [-0.1, -0.05) is 0 Å². The molecule has 0 bridgehead atoms. The first-order valence-electron chi connectivity index (χ1n) is 7.39. The number of nitrogens with two attached hydrogens (primary N) is 1. The van der Waals surface area contributed by atoms with Crippen LogP contribution in [0.3, 0.4) is 0 Å². The van der Waals surface area contributed by atoms with Gasteiger partial charge in [-0.2, -0.15) is 0 Å². The number of nitrogen functional groups attached to an aromatic ring is 1. The minimum absolute atomic E-state index is 0.525. The first kappa shape index (κ1) is 12.5. The van der Waals surface area contributed by atoms with E-state index >= 15 is 0 Å². The Balaban J connectivity index is 1.90. The van der Waals surface area contributed by atoms with Gasteiger partial charge in [-0.3, -0.25) is 0 Å². The number of anilines is 3. The summed E-state index contributed by atoms with van der Waals surface area (Å²) < 4.78 is 0. The predicted molar refractivity (Wildman–Crippen MR) is 78.6 cm³/mol. The Morgan fingerprint density at radius 1 is 1.05 bits per heavy atom. The highest BCUT2D eigenvalue weighted by Gasteiger charge is 2.25. The summed E-state index contributed by atoms with van der Waals surface area (Å²) in [5.74, 6) is 1.87. The Labute approximate surface area is 114 Å². The van der Waals surface area contributed by atoms with Gasteiger partial charge in [-0.25, -0.2) is 9.97 Å². The summed E-state index contributed by atoms with van der Waals surface area (Å²) in [6.45, 7) is 5.45. The Hall–Kier alpha value is -1.52. The zero-order chi connectivity index (χ0) is 13.2. The van der Waals surface area contributed by atoms with Crippen LogP contribution in [0.1, 0.15) is 39.0 Å². The van der Waals surface area contributed by atoms with Crippen LogP contribution in [-0.4, -0.2) is 35.6 Å². The van der Waals surface area contributed by atoms with E-state index in [9.17, 15) is 0 Å². The molecule has 3 heterocycles. The third-order valence-electron chi connectivity index (χ3n) is 4.32. The molecule has 0 amide bonds. The second-order valence-corrected chi connectivity index (χ2v) is 5.67. The Morgan fingerprint density at radius 2 is 1.74 bits per heavy atom. The standard InChI is InChI=1S/C14H23N5/c1-11-6-2-3-9-19(11)14-12(15)13(16-10-17-14)18-7-4-5-8-18/h10-11H,2-9,15H2,1H3. The molecule has 0 radical (unpaired) electrons. The van der Waals surface area contributed by atoms with Crippen molar-refractivity contribution in [2.75, 3.05) is 35.2 Å². The van der Waals surface area contributed by atoms with E-state index in [4.69, 9.17) is 5.73 Å². The van der Waals surface area contributed by atoms with Gasteiger partial charge < -0.3 is 15.5 Å². The molecule has 0 saturated carbocycles. The maximum absolute atomic E-state index is 6.35. The highest BCUT2D eigenvalue weighted by atomic mass is 15.3. The van der Waals surface area contributed by atoms with Crippen molar-refractivity contribution in [3.05, 3.63) is 6.33 Å². The van der Waals surface area contributed by atoms with Crippen LogP contribution in [0.15, 0.2) is 6.33 Å². The summed E-state index contributed by atoms with van der Waals surface area (Å²) in [4.78, 5) is 13.5. The SMILES string of the molecule is CC1CCCCN1c1ncnc(N2CCCC2)c1N. The molecule has 0 aliphatic carbocycles. The largest absolute Gasteiger partial charge is 0.393 e. The topological polar surface area (TPSA) is 58.3 Å². The molecule has 2 N–H and O–H groups in total. The number of aromatic nitrogens is 2. The molecule has 2 fully saturated rings. The summed E-state index contributed by atoms with van der Waals surface area (Å²) in [6.07, 6.45) is 7.90. The smallest absolute Gasteiger partial charge is 0.157 e. The van der Waals surface area contributed by atoms with Crippen LogP contribution in [0.2, 0.25) is 0 Å². The molecule has 0 aromatic carbocycles. The van der Waals surface area contributed by atoms with Crippen molar-refractivity contribution in [3.8, 4) is 0 Å². The van der Waals surface area contributed by atoms with Crippen molar-refractivity contribution in [2.45, 2.75) is 45.1 Å². The molecule has 1 aromatic rings. The number of piperidine rings is 1. The van der Waals surface area contributed by atoms with Crippen molar-refractivity contribution in [1.29, 1.82) is 0 Å². The lowest BCUT2D eigenvalue weighted by Crippen LogP contribution is -2.38. The van der Waals surface area contributed by atoms with Crippen molar-refractivity contribution in [1.82, 2.24) is 9.97 Å². The third-order valence-corrected chi connectivity index (χ3v) is 4.32. The lowest BCUT2D eigenvalue weighted by molar-refractivity contribution is 0.481. The highest BCUT2D eigenvalue weighted by molar-refractivity contribution is 5.76. The molecular weight excluding hydrogens is 238 g/mol. The molecule has 1 unspecified atom stereocenters. The lowest BCUT2D eigenvalue weighted by atomic mass is 10.0. The summed E-state index contributed by atoms with van der Waals surface area (Å²) in [6, 6.07) is 0.525. The fourth-order valence-electron chi connectivity index (χ4n) is 3.20. The van der Waals surface area contributed by atoms with Gasteiger partial charge in [0, 0.05) is 25.7 Å². The number of hydrogen-bond acceptors (Lipinski definition) is 5. The molecule has 2 saturated heterocycles. The highest BCUT2D eigenvalue weighted by Crippen LogP contribution is 2.33. The average Bonchev–Trinajstić information content (AvgIpc) is 2.94. The molecule has 1 atom stereocenters. The van der Waals surface area contributed by atoms with E-state index < -0.39 is 0 Å².